The molecule has 0 spiro atoms. The van der Waals surface area contributed by atoms with E-state index in [1.807, 2.05) is 18.2 Å². The van der Waals surface area contributed by atoms with Gasteiger partial charge in [0.1, 0.15) is 0 Å². The van der Waals surface area contributed by atoms with Crippen LogP contribution in [0.25, 0.3) is 0 Å². The maximum absolute atomic E-state index is 13.3. The lowest BCUT2D eigenvalue weighted by molar-refractivity contribution is -0.267. The van der Waals surface area contributed by atoms with Gasteiger partial charge in [-0.05, 0) is 43.4 Å². The van der Waals surface area contributed by atoms with E-state index in [4.69, 9.17) is 12.2 Å². The van der Waals surface area contributed by atoms with Crippen molar-refractivity contribution in [3.05, 3.63) is 60.2 Å². The molecule has 0 amide bonds. The molecule has 0 aromatic heterocycles. The molecule has 0 radical (unpaired) electrons. The number of anilines is 2. The molecule has 0 saturated carbocycles. The third-order valence-electron chi connectivity index (χ3n) is 3.57. The molecule has 2 aromatic carbocycles. The number of benzene rings is 2. The zero-order valence-electron chi connectivity index (χ0n) is 14.2. The summed E-state index contributed by atoms with van der Waals surface area (Å²) in [6, 6.07) is 13.6. The average Bonchev–Trinajstić information content (AvgIpc) is 2.61. The van der Waals surface area contributed by atoms with E-state index in [0.717, 1.165) is 17.8 Å². The highest BCUT2D eigenvalue weighted by Crippen LogP contribution is 2.40. The standard InChI is InChI=1S/C18H17F3N2O3S/c1-2-26-15(24)17(25,18(19,20)21)12-8-10-14(11-9-12)23-16(27)22-13-6-4-3-5-7-13/h3-11,25H,2H2,1H3,(H2,22,23,27). The normalized spacial score (nSPS) is 13.4. The molecule has 0 saturated heterocycles. The first kappa shape index (κ1) is 20.7. The lowest BCUT2D eigenvalue weighted by Crippen LogP contribution is -2.50. The second-order valence-electron chi connectivity index (χ2n) is 5.45. The van der Waals surface area contributed by atoms with E-state index in [1.54, 1.807) is 12.1 Å². The van der Waals surface area contributed by atoms with E-state index < -0.39 is 23.3 Å². The Morgan fingerprint density at radius 3 is 2.04 bits per heavy atom. The van der Waals surface area contributed by atoms with E-state index in [0.29, 0.717) is 5.69 Å². The fourth-order valence-electron chi connectivity index (χ4n) is 2.24. The Morgan fingerprint density at radius 1 is 1.04 bits per heavy atom. The van der Waals surface area contributed by atoms with Gasteiger partial charge in [-0.15, -0.1) is 0 Å². The highest BCUT2D eigenvalue weighted by molar-refractivity contribution is 7.80. The molecule has 0 aliphatic carbocycles. The summed E-state index contributed by atoms with van der Waals surface area (Å²) in [5.74, 6) is -1.78. The summed E-state index contributed by atoms with van der Waals surface area (Å²) in [6.45, 7) is 1.05. The molecule has 2 aromatic rings. The Labute approximate surface area is 159 Å². The van der Waals surface area contributed by atoms with Crippen molar-refractivity contribution < 1.29 is 27.8 Å². The van der Waals surface area contributed by atoms with Gasteiger partial charge in [0, 0.05) is 16.9 Å². The molecular formula is C18H17F3N2O3S. The van der Waals surface area contributed by atoms with E-state index in [1.165, 1.54) is 19.1 Å². The van der Waals surface area contributed by atoms with Crippen LogP contribution in [0.5, 0.6) is 0 Å². The van der Waals surface area contributed by atoms with Crippen LogP contribution in [-0.2, 0) is 15.1 Å². The number of aliphatic hydroxyl groups is 1. The third kappa shape index (κ3) is 4.75. The summed E-state index contributed by atoms with van der Waals surface area (Å²) in [5, 5.41) is 16.0. The minimum absolute atomic E-state index is 0.227. The molecule has 1 atom stereocenters. The summed E-state index contributed by atoms with van der Waals surface area (Å²) in [6.07, 6.45) is -5.24. The topological polar surface area (TPSA) is 70.6 Å². The molecule has 27 heavy (non-hydrogen) atoms. The molecule has 0 heterocycles. The van der Waals surface area contributed by atoms with Gasteiger partial charge in [0.15, 0.2) is 5.11 Å². The summed E-state index contributed by atoms with van der Waals surface area (Å²) in [7, 11) is 0. The van der Waals surface area contributed by atoms with Gasteiger partial charge in [0.05, 0.1) is 6.61 Å². The van der Waals surface area contributed by atoms with Crippen molar-refractivity contribution in [2.24, 2.45) is 0 Å². The lowest BCUT2D eigenvalue weighted by Gasteiger charge is -2.28. The number of ether oxygens (including phenoxy) is 1. The Balaban J connectivity index is 2.17. The van der Waals surface area contributed by atoms with Crippen molar-refractivity contribution in [1.82, 2.24) is 0 Å². The number of nitrogens with one attached hydrogen (secondary N) is 2. The number of alkyl halides is 3. The van der Waals surface area contributed by atoms with Gasteiger partial charge in [0.2, 0.25) is 0 Å². The van der Waals surface area contributed by atoms with Crippen LogP contribution in [0.2, 0.25) is 0 Å². The minimum Gasteiger partial charge on any atom is -0.463 e. The first-order valence-electron chi connectivity index (χ1n) is 7.88. The van der Waals surface area contributed by atoms with Gasteiger partial charge in [-0.1, -0.05) is 30.3 Å². The van der Waals surface area contributed by atoms with Crippen LogP contribution in [0.15, 0.2) is 54.6 Å². The van der Waals surface area contributed by atoms with Gasteiger partial charge >= 0.3 is 12.1 Å². The number of carbonyl (C=O) groups is 1. The van der Waals surface area contributed by atoms with E-state index >= 15 is 0 Å². The molecule has 2 rings (SSSR count). The number of carbonyl (C=O) groups excluding carboxylic acids is 1. The van der Waals surface area contributed by atoms with Gasteiger partial charge in [-0.3, -0.25) is 0 Å². The fraction of sp³-hybridized carbons (Fsp3) is 0.222. The van der Waals surface area contributed by atoms with Crippen LogP contribution in [0.4, 0.5) is 24.5 Å². The Bertz CT molecular complexity index is 798. The predicted molar refractivity (Wildman–Crippen MR) is 99.3 cm³/mol. The zero-order chi connectivity index (χ0) is 20.1. The SMILES string of the molecule is CCOC(=O)C(O)(c1ccc(NC(=S)Nc2ccccc2)cc1)C(F)(F)F. The Hall–Kier alpha value is -2.65. The molecule has 3 N–H and O–H groups in total. The van der Waals surface area contributed by atoms with Crippen molar-refractivity contribution in [2.45, 2.75) is 18.7 Å². The lowest BCUT2D eigenvalue weighted by atomic mass is 9.93. The van der Waals surface area contributed by atoms with Gasteiger partial charge < -0.3 is 20.5 Å². The highest BCUT2D eigenvalue weighted by atomic mass is 32.1. The Kier molecular flexibility index (Phi) is 6.40. The van der Waals surface area contributed by atoms with Crippen LogP contribution >= 0.6 is 12.2 Å². The Morgan fingerprint density at radius 2 is 1.56 bits per heavy atom. The fourth-order valence-corrected chi connectivity index (χ4v) is 2.48. The van der Waals surface area contributed by atoms with Crippen molar-refractivity contribution in [3.63, 3.8) is 0 Å². The number of para-hydroxylation sites is 1. The van der Waals surface area contributed by atoms with Gasteiger partial charge in [0.25, 0.3) is 5.60 Å². The average molecular weight is 398 g/mol. The van der Waals surface area contributed by atoms with Gasteiger partial charge in [-0.2, -0.15) is 13.2 Å². The van der Waals surface area contributed by atoms with Crippen molar-refractivity contribution in [1.29, 1.82) is 0 Å². The van der Waals surface area contributed by atoms with Crippen LogP contribution in [-0.4, -0.2) is 29.0 Å². The quantitative estimate of drug-likeness (QED) is 0.526. The molecule has 0 aliphatic rings. The van der Waals surface area contributed by atoms with Crippen molar-refractivity contribution in [2.75, 3.05) is 17.2 Å². The minimum atomic E-state index is -5.24. The maximum Gasteiger partial charge on any atom is 0.432 e. The predicted octanol–water partition coefficient (Wildman–Crippen LogP) is 3.81. The first-order chi connectivity index (χ1) is 12.7. The molecule has 0 bridgehead atoms. The van der Waals surface area contributed by atoms with Crippen LogP contribution in [0, 0.1) is 0 Å². The van der Waals surface area contributed by atoms with Gasteiger partial charge in [-0.25, -0.2) is 4.79 Å². The second-order valence-corrected chi connectivity index (χ2v) is 5.86. The number of hydrogen-bond acceptors (Lipinski definition) is 4. The van der Waals surface area contributed by atoms with Crippen molar-refractivity contribution >= 4 is 34.7 Å². The van der Waals surface area contributed by atoms with Crippen LogP contribution in [0.3, 0.4) is 0 Å². The van der Waals surface area contributed by atoms with Crippen molar-refractivity contribution in [3.8, 4) is 0 Å². The largest absolute Gasteiger partial charge is 0.463 e. The van der Waals surface area contributed by atoms with Crippen LogP contribution < -0.4 is 10.6 Å². The monoisotopic (exact) mass is 398 g/mol. The summed E-state index contributed by atoms with van der Waals surface area (Å²) in [5.41, 5.74) is -3.29. The molecule has 9 heteroatoms. The highest BCUT2D eigenvalue weighted by Gasteiger charge is 2.62. The van der Waals surface area contributed by atoms with E-state index in [-0.39, 0.29) is 11.7 Å². The molecule has 144 valence electrons. The molecular weight excluding hydrogens is 381 g/mol. The number of rotatable bonds is 5. The summed E-state index contributed by atoms with van der Waals surface area (Å²) in [4.78, 5) is 11.7. The number of halogens is 3. The molecule has 0 aliphatic heterocycles. The zero-order valence-corrected chi connectivity index (χ0v) is 15.0. The molecule has 1 unspecified atom stereocenters. The van der Waals surface area contributed by atoms with Crippen LogP contribution in [0.1, 0.15) is 12.5 Å². The molecule has 0 fully saturated rings. The summed E-state index contributed by atoms with van der Waals surface area (Å²) < 4.78 is 44.4. The third-order valence-corrected chi connectivity index (χ3v) is 3.78. The smallest absolute Gasteiger partial charge is 0.432 e. The summed E-state index contributed by atoms with van der Waals surface area (Å²) >= 11 is 5.13. The maximum atomic E-state index is 13.3. The molecule has 5 nitrogen and oxygen atoms in total. The first-order valence-corrected chi connectivity index (χ1v) is 8.29. The van der Waals surface area contributed by atoms with E-state index in [2.05, 4.69) is 15.4 Å². The number of hydrogen-bond donors (Lipinski definition) is 3. The second kappa shape index (κ2) is 8.36. The van der Waals surface area contributed by atoms with E-state index in [9.17, 15) is 23.1 Å². The number of thiocarbonyl (C=S) groups is 1. The number of esters is 1.